The number of anilines is 1. The van der Waals surface area contributed by atoms with Gasteiger partial charge in [-0.25, -0.2) is 13.2 Å². The zero-order valence-corrected chi connectivity index (χ0v) is 13.7. The van der Waals surface area contributed by atoms with E-state index in [0.29, 0.717) is 21.9 Å². The third-order valence-electron chi connectivity index (χ3n) is 3.62. The van der Waals surface area contributed by atoms with Crippen molar-refractivity contribution in [2.45, 2.75) is 11.1 Å². The highest BCUT2D eigenvalue weighted by atomic mass is 32.2. The van der Waals surface area contributed by atoms with Gasteiger partial charge in [0, 0.05) is 14.1 Å². The second-order valence-electron chi connectivity index (χ2n) is 5.31. The van der Waals surface area contributed by atoms with E-state index in [9.17, 15) is 26.4 Å². The highest BCUT2D eigenvalue weighted by molar-refractivity contribution is 7.92. The number of alkyl halides is 3. The molecule has 3 rings (SSSR count). The Morgan fingerprint density at radius 2 is 1.92 bits per heavy atom. The number of nitrogens with one attached hydrogen (secondary N) is 2. The second kappa shape index (κ2) is 5.37. The minimum absolute atomic E-state index is 0.0130. The molecule has 2 N–H and O–H groups in total. The molecule has 0 amide bonds. The highest BCUT2D eigenvalue weighted by Crippen LogP contribution is 2.34. The van der Waals surface area contributed by atoms with Crippen LogP contribution in [-0.2, 0) is 30.3 Å². The summed E-state index contributed by atoms with van der Waals surface area (Å²) in [5.41, 5.74) is -0.906. The van der Waals surface area contributed by atoms with Crippen molar-refractivity contribution < 1.29 is 21.6 Å². The summed E-state index contributed by atoms with van der Waals surface area (Å²) in [7, 11) is -2.05. The number of fused-ring (bicyclic) bond motifs is 1. The summed E-state index contributed by atoms with van der Waals surface area (Å²) in [6.07, 6.45) is -4.25. The first-order chi connectivity index (χ1) is 11.5. The Bertz CT molecular complexity index is 1120. The number of H-pyrrole nitrogens is 1. The number of rotatable bonds is 3. The van der Waals surface area contributed by atoms with Gasteiger partial charge in [-0.1, -0.05) is 0 Å². The Morgan fingerprint density at radius 1 is 1.24 bits per heavy atom. The van der Waals surface area contributed by atoms with Crippen molar-refractivity contribution in [1.29, 1.82) is 0 Å². The quantitative estimate of drug-likeness (QED) is 0.723. The molecule has 0 aliphatic rings. The van der Waals surface area contributed by atoms with E-state index in [1.54, 1.807) is 0 Å². The van der Waals surface area contributed by atoms with E-state index in [1.165, 1.54) is 29.8 Å². The summed E-state index contributed by atoms with van der Waals surface area (Å²) in [5, 5.41) is 3.39. The zero-order chi connectivity index (χ0) is 18.6. The van der Waals surface area contributed by atoms with Gasteiger partial charge in [0.25, 0.3) is 10.0 Å². The van der Waals surface area contributed by atoms with E-state index >= 15 is 0 Å². The van der Waals surface area contributed by atoms with Gasteiger partial charge in [-0.15, -0.1) is 0 Å². The van der Waals surface area contributed by atoms with Gasteiger partial charge >= 0.3 is 11.9 Å². The van der Waals surface area contributed by atoms with Crippen LogP contribution in [-0.4, -0.2) is 27.7 Å². The molecule has 0 saturated carbocycles. The molecule has 25 heavy (non-hydrogen) atoms. The van der Waals surface area contributed by atoms with Crippen molar-refractivity contribution in [3.8, 4) is 0 Å². The molecule has 1 aromatic carbocycles. The third-order valence-corrected chi connectivity index (χ3v) is 5.00. The molecule has 12 heteroatoms. The first-order valence-corrected chi connectivity index (χ1v) is 8.30. The molecule has 0 bridgehead atoms. The fourth-order valence-corrected chi connectivity index (χ4v) is 3.67. The van der Waals surface area contributed by atoms with E-state index < -0.39 is 32.5 Å². The summed E-state index contributed by atoms with van der Waals surface area (Å²) in [6, 6.07) is 4.12. The number of hydrogen-bond donors (Lipinski definition) is 2. The number of aromatic amines is 1. The number of aromatic nitrogens is 4. The van der Waals surface area contributed by atoms with Crippen LogP contribution >= 0.6 is 0 Å². The number of halogens is 3. The second-order valence-corrected chi connectivity index (χ2v) is 6.96. The van der Waals surface area contributed by atoms with Crippen molar-refractivity contribution in [2.24, 2.45) is 14.1 Å². The lowest BCUT2D eigenvalue weighted by molar-refractivity contribution is -0.146. The molecule has 0 spiro atoms. The molecule has 2 heterocycles. The summed E-state index contributed by atoms with van der Waals surface area (Å²) < 4.78 is 67.8. The monoisotopic (exact) mass is 375 g/mol. The van der Waals surface area contributed by atoms with E-state index in [-0.39, 0.29) is 5.69 Å². The first-order valence-electron chi connectivity index (χ1n) is 6.81. The predicted octanol–water partition coefficient (Wildman–Crippen LogP) is 1.42. The minimum Gasteiger partial charge on any atom is -0.306 e. The lowest BCUT2D eigenvalue weighted by Crippen LogP contribution is -2.20. The summed E-state index contributed by atoms with van der Waals surface area (Å²) in [6.45, 7) is 0. The van der Waals surface area contributed by atoms with Crippen LogP contribution in [0.15, 0.2) is 34.1 Å². The van der Waals surface area contributed by atoms with Crippen molar-refractivity contribution in [1.82, 2.24) is 19.3 Å². The van der Waals surface area contributed by atoms with Gasteiger partial charge in [0.1, 0.15) is 4.90 Å². The van der Waals surface area contributed by atoms with Crippen LogP contribution < -0.4 is 10.4 Å². The van der Waals surface area contributed by atoms with Crippen molar-refractivity contribution in [3.05, 3.63) is 40.6 Å². The van der Waals surface area contributed by atoms with Gasteiger partial charge in [-0.3, -0.25) is 14.0 Å². The molecule has 0 saturated heterocycles. The van der Waals surface area contributed by atoms with Crippen LogP contribution in [0.2, 0.25) is 0 Å². The maximum atomic E-state index is 13.1. The van der Waals surface area contributed by atoms with Gasteiger partial charge in [0.15, 0.2) is 5.69 Å². The number of benzene rings is 1. The topological polar surface area (TPSA) is 102 Å². The van der Waals surface area contributed by atoms with Gasteiger partial charge in [-0.2, -0.15) is 18.3 Å². The van der Waals surface area contributed by atoms with Crippen LogP contribution in [0, 0.1) is 0 Å². The maximum absolute atomic E-state index is 13.1. The molecular weight excluding hydrogens is 363 g/mol. The Hall–Kier alpha value is -2.76. The van der Waals surface area contributed by atoms with E-state index in [2.05, 4.69) is 14.8 Å². The lowest BCUT2D eigenvalue weighted by atomic mass is 10.3. The normalized spacial score (nSPS) is 12.7. The predicted molar refractivity (Wildman–Crippen MR) is 82.6 cm³/mol. The summed E-state index contributed by atoms with van der Waals surface area (Å²) in [5.74, 6) is 0. The molecule has 0 atom stereocenters. The lowest BCUT2D eigenvalue weighted by Gasteiger charge is -2.12. The average Bonchev–Trinajstić information content (AvgIpc) is 3.01. The highest BCUT2D eigenvalue weighted by Gasteiger charge is 2.41. The van der Waals surface area contributed by atoms with Gasteiger partial charge in [-0.05, 0) is 18.2 Å². The molecule has 0 unspecified atom stereocenters. The summed E-state index contributed by atoms with van der Waals surface area (Å²) >= 11 is 0. The van der Waals surface area contributed by atoms with Crippen molar-refractivity contribution >= 4 is 26.7 Å². The standard InChI is InChI=1S/C13H12F3N5O3S/c1-20-9-5-7(3-4-8(9)18-12(20)22)19-25(23,24)10-6-17-21(2)11(10)13(14,15)16/h3-6,19H,1-2H3,(H,18,22). The number of hydrogen-bond acceptors (Lipinski definition) is 4. The van der Waals surface area contributed by atoms with Crippen LogP contribution in [0.4, 0.5) is 18.9 Å². The molecule has 3 aromatic rings. The number of aryl methyl sites for hydroxylation is 2. The van der Waals surface area contributed by atoms with E-state index in [0.717, 1.165) is 7.05 Å². The molecule has 0 aliphatic heterocycles. The number of imidazole rings is 1. The molecule has 0 radical (unpaired) electrons. The number of nitrogens with zero attached hydrogens (tertiary/aromatic N) is 3. The van der Waals surface area contributed by atoms with Gasteiger partial charge < -0.3 is 4.98 Å². The number of sulfonamides is 1. The van der Waals surface area contributed by atoms with Gasteiger partial charge in [0.05, 0.1) is 22.9 Å². The van der Waals surface area contributed by atoms with E-state index in [4.69, 9.17) is 0 Å². The Balaban J connectivity index is 2.06. The van der Waals surface area contributed by atoms with Crippen LogP contribution in [0.5, 0.6) is 0 Å². The van der Waals surface area contributed by atoms with Crippen LogP contribution in [0.3, 0.4) is 0 Å². The molecule has 0 aliphatic carbocycles. The van der Waals surface area contributed by atoms with E-state index in [1.807, 2.05) is 0 Å². The van der Waals surface area contributed by atoms with Gasteiger partial charge in [0.2, 0.25) is 0 Å². The summed E-state index contributed by atoms with van der Waals surface area (Å²) in [4.78, 5) is 13.1. The SMILES string of the molecule is Cn1ncc(S(=O)(=O)Nc2ccc3[nH]c(=O)n(C)c3c2)c1C(F)(F)F. The fourth-order valence-electron chi connectivity index (χ4n) is 2.43. The smallest absolute Gasteiger partial charge is 0.306 e. The van der Waals surface area contributed by atoms with Crippen LogP contribution in [0.25, 0.3) is 11.0 Å². The molecule has 0 fully saturated rings. The fraction of sp³-hybridized carbons (Fsp3) is 0.231. The minimum atomic E-state index is -4.89. The van der Waals surface area contributed by atoms with Crippen molar-refractivity contribution in [3.63, 3.8) is 0 Å². The third kappa shape index (κ3) is 2.88. The largest absolute Gasteiger partial charge is 0.434 e. The zero-order valence-electron chi connectivity index (χ0n) is 12.9. The first kappa shape index (κ1) is 17.1. The molecule has 2 aromatic heterocycles. The molecular formula is C13H12F3N5O3S. The Labute approximate surface area is 138 Å². The van der Waals surface area contributed by atoms with Crippen molar-refractivity contribution in [2.75, 3.05) is 4.72 Å². The Kier molecular flexibility index (Phi) is 3.67. The average molecular weight is 375 g/mol. The Morgan fingerprint density at radius 3 is 2.56 bits per heavy atom. The molecule has 134 valence electrons. The molecule has 8 nitrogen and oxygen atoms in total. The van der Waals surface area contributed by atoms with Crippen LogP contribution in [0.1, 0.15) is 5.69 Å². The maximum Gasteiger partial charge on any atom is 0.434 e.